The quantitative estimate of drug-likeness (QED) is 0.865. The minimum Gasteiger partial charge on any atom is -0.351 e. The van der Waals surface area contributed by atoms with E-state index in [1.807, 2.05) is 19.9 Å². The fourth-order valence-electron chi connectivity index (χ4n) is 2.95. The van der Waals surface area contributed by atoms with E-state index in [2.05, 4.69) is 9.88 Å². The Morgan fingerprint density at radius 1 is 1.31 bits per heavy atom. The number of rotatable bonds is 5. The van der Waals surface area contributed by atoms with Crippen LogP contribution in [0.1, 0.15) is 48.9 Å². The molecule has 7 nitrogen and oxygen atoms in total. The summed E-state index contributed by atoms with van der Waals surface area (Å²) in [5, 5.41) is 3.24. The maximum atomic E-state index is 12.7. The van der Waals surface area contributed by atoms with Gasteiger partial charge in [-0.25, -0.2) is 8.42 Å². The molecule has 26 heavy (non-hydrogen) atoms. The van der Waals surface area contributed by atoms with Gasteiger partial charge in [-0.15, -0.1) is 0 Å². The highest BCUT2D eigenvalue weighted by atomic mass is 32.2. The number of hydrogen-bond acceptors (Lipinski definition) is 5. The Balaban J connectivity index is 1.71. The third-order valence-corrected chi connectivity index (χ3v) is 6.25. The first kappa shape index (κ1) is 18.4. The number of para-hydroxylation sites is 1. The van der Waals surface area contributed by atoms with Crippen LogP contribution in [0.3, 0.4) is 0 Å². The topological polar surface area (TPSA) is 92.5 Å². The standard InChI is InChI=1S/C18H23N3O4S/c1-13(2)16-11-17(25-19-16)18(22)21-10-6-9-15(12-21)26(23,24)20-14-7-4-3-5-8-14/h3-5,7-8,11,13,15,20H,6,9-10,12H2,1-2H3. The smallest absolute Gasteiger partial charge is 0.292 e. The molecular weight excluding hydrogens is 354 g/mol. The average molecular weight is 377 g/mol. The number of piperidine rings is 1. The Labute approximate surface area is 153 Å². The highest BCUT2D eigenvalue weighted by Gasteiger charge is 2.34. The lowest BCUT2D eigenvalue weighted by Crippen LogP contribution is -2.46. The molecule has 1 N–H and O–H groups in total. The molecule has 140 valence electrons. The van der Waals surface area contributed by atoms with Crippen LogP contribution in [0.4, 0.5) is 5.69 Å². The number of anilines is 1. The summed E-state index contributed by atoms with van der Waals surface area (Å²) in [4.78, 5) is 14.2. The predicted molar refractivity (Wildman–Crippen MR) is 98.5 cm³/mol. The molecule has 2 aromatic rings. The number of aromatic nitrogens is 1. The van der Waals surface area contributed by atoms with Gasteiger partial charge >= 0.3 is 0 Å². The zero-order chi connectivity index (χ0) is 18.7. The summed E-state index contributed by atoms with van der Waals surface area (Å²) in [5.74, 6) is -0.00312. The van der Waals surface area contributed by atoms with Crippen LogP contribution in [0.25, 0.3) is 0 Å². The first-order chi connectivity index (χ1) is 12.4. The molecule has 1 fully saturated rings. The number of nitrogens with zero attached hydrogens (tertiary/aromatic N) is 2. The van der Waals surface area contributed by atoms with Crippen LogP contribution in [-0.2, 0) is 10.0 Å². The van der Waals surface area contributed by atoms with E-state index in [0.717, 1.165) is 0 Å². The normalized spacial score (nSPS) is 18.1. The summed E-state index contributed by atoms with van der Waals surface area (Å²) >= 11 is 0. The maximum absolute atomic E-state index is 12.7. The average Bonchev–Trinajstić information content (AvgIpc) is 3.12. The van der Waals surface area contributed by atoms with Crippen molar-refractivity contribution in [1.82, 2.24) is 10.1 Å². The maximum Gasteiger partial charge on any atom is 0.292 e. The van der Waals surface area contributed by atoms with Gasteiger partial charge in [0.1, 0.15) is 0 Å². The van der Waals surface area contributed by atoms with Crippen molar-refractivity contribution in [2.45, 2.75) is 37.9 Å². The predicted octanol–water partition coefficient (Wildman–Crippen LogP) is 2.84. The number of sulfonamides is 1. The van der Waals surface area contributed by atoms with Crippen molar-refractivity contribution < 1.29 is 17.7 Å². The molecule has 1 atom stereocenters. The molecule has 8 heteroatoms. The molecule has 0 spiro atoms. The zero-order valence-electron chi connectivity index (χ0n) is 14.9. The van der Waals surface area contributed by atoms with Gasteiger partial charge in [-0.3, -0.25) is 9.52 Å². The summed E-state index contributed by atoms with van der Waals surface area (Å²) in [7, 11) is -3.58. The summed E-state index contributed by atoms with van der Waals surface area (Å²) in [6, 6.07) is 10.4. The third-order valence-electron chi connectivity index (χ3n) is 4.47. The SMILES string of the molecule is CC(C)c1cc(C(=O)N2CCCC(S(=O)(=O)Nc3ccccc3)C2)on1. The van der Waals surface area contributed by atoms with E-state index in [0.29, 0.717) is 30.8 Å². The van der Waals surface area contributed by atoms with Gasteiger partial charge in [-0.1, -0.05) is 37.2 Å². The lowest BCUT2D eigenvalue weighted by atomic mass is 10.1. The van der Waals surface area contributed by atoms with E-state index in [1.165, 1.54) is 4.90 Å². The van der Waals surface area contributed by atoms with Gasteiger partial charge in [0.15, 0.2) is 0 Å². The number of carbonyl (C=O) groups excluding carboxylic acids is 1. The van der Waals surface area contributed by atoms with Crippen LogP contribution in [0.15, 0.2) is 40.9 Å². The summed E-state index contributed by atoms with van der Waals surface area (Å²) in [5.41, 5.74) is 1.23. The lowest BCUT2D eigenvalue weighted by Gasteiger charge is -2.31. The largest absolute Gasteiger partial charge is 0.351 e. The Bertz CT molecular complexity index is 862. The number of carbonyl (C=O) groups is 1. The highest BCUT2D eigenvalue weighted by molar-refractivity contribution is 7.93. The number of benzene rings is 1. The molecule has 0 bridgehead atoms. The van der Waals surface area contributed by atoms with E-state index in [9.17, 15) is 13.2 Å². The van der Waals surface area contributed by atoms with Crippen LogP contribution >= 0.6 is 0 Å². The summed E-state index contributed by atoms with van der Waals surface area (Å²) in [6.07, 6.45) is 1.14. The number of amides is 1. The minimum atomic E-state index is -3.58. The molecule has 3 rings (SSSR count). The van der Waals surface area contributed by atoms with Crippen LogP contribution in [-0.4, -0.2) is 42.7 Å². The van der Waals surface area contributed by atoms with Gasteiger partial charge in [0.05, 0.1) is 10.9 Å². The molecule has 0 aliphatic carbocycles. The first-order valence-corrected chi connectivity index (χ1v) is 10.2. The fraction of sp³-hybridized carbons (Fsp3) is 0.444. The fourth-order valence-corrected chi connectivity index (χ4v) is 4.43. The summed E-state index contributed by atoms with van der Waals surface area (Å²) in [6.45, 7) is 4.57. The van der Waals surface area contributed by atoms with E-state index in [1.54, 1.807) is 30.3 Å². The molecule has 1 aliphatic heterocycles. The molecule has 1 saturated heterocycles. The highest BCUT2D eigenvalue weighted by Crippen LogP contribution is 2.22. The van der Waals surface area contributed by atoms with Crippen LogP contribution in [0.5, 0.6) is 0 Å². The lowest BCUT2D eigenvalue weighted by molar-refractivity contribution is 0.0685. The number of nitrogens with one attached hydrogen (secondary N) is 1. The van der Waals surface area contributed by atoms with Crippen molar-refractivity contribution in [3.05, 3.63) is 47.9 Å². The molecule has 1 amide bonds. The van der Waals surface area contributed by atoms with Crippen molar-refractivity contribution in [3.63, 3.8) is 0 Å². The number of hydrogen-bond donors (Lipinski definition) is 1. The van der Waals surface area contributed by atoms with E-state index >= 15 is 0 Å². The second-order valence-electron chi connectivity index (χ2n) is 6.80. The van der Waals surface area contributed by atoms with Gasteiger partial charge in [0.2, 0.25) is 15.8 Å². The van der Waals surface area contributed by atoms with Crippen molar-refractivity contribution in [2.75, 3.05) is 17.8 Å². The Morgan fingerprint density at radius 2 is 2.04 bits per heavy atom. The van der Waals surface area contributed by atoms with Crippen molar-refractivity contribution in [2.24, 2.45) is 0 Å². The minimum absolute atomic E-state index is 0.138. The third kappa shape index (κ3) is 4.07. The van der Waals surface area contributed by atoms with Gasteiger partial charge in [0.25, 0.3) is 5.91 Å². The second kappa shape index (κ2) is 7.49. The molecule has 1 aliphatic rings. The number of likely N-dealkylation sites (tertiary alicyclic amines) is 1. The molecule has 1 unspecified atom stereocenters. The Morgan fingerprint density at radius 3 is 2.69 bits per heavy atom. The zero-order valence-corrected chi connectivity index (χ0v) is 15.7. The van der Waals surface area contributed by atoms with E-state index in [-0.39, 0.29) is 24.1 Å². The van der Waals surface area contributed by atoms with Crippen molar-refractivity contribution >= 4 is 21.6 Å². The molecule has 0 saturated carbocycles. The van der Waals surface area contributed by atoms with Crippen molar-refractivity contribution in [3.8, 4) is 0 Å². The summed E-state index contributed by atoms with van der Waals surface area (Å²) < 4.78 is 33.1. The van der Waals surface area contributed by atoms with Crippen LogP contribution < -0.4 is 4.72 Å². The van der Waals surface area contributed by atoms with Crippen molar-refractivity contribution in [1.29, 1.82) is 0 Å². The molecule has 1 aromatic carbocycles. The Hall–Kier alpha value is -2.35. The van der Waals surface area contributed by atoms with Crippen LogP contribution in [0, 0.1) is 0 Å². The van der Waals surface area contributed by atoms with E-state index < -0.39 is 15.3 Å². The van der Waals surface area contributed by atoms with Crippen LogP contribution in [0.2, 0.25) is 0 Å². The first-order valence-electron chi connectivity index (χ1n) is 8.69. The molecular formula is C18H23N3O4S. The van der Waals surface area contributed by atoms with Gasteiger partial charge in [0, 0.05) is 24.8 Å². The molecule has 2 heterocycles. The second-order valence-corrected chi connectivity index (χ2v) is 8.76. The van der Waals surface area contributed by atoms with Gasteiger partial charge < -0.3 is 9.42 Å². The van der Waals surface area contributed by atoms with Gasteiger partial charge in [-0.05, 0) is 30.9 Å². The van der Waals surface area contributed by atoms with Gasteiger partial charge in [-0.2, -0.15) is 0 Å². The molecule has 0 radical (unpaired) electrons. The molecule has 1 aromatic heterocycles. The monoisotopic (exact) mass is 377 g/mol. The van der Waals surface area contributed by atoms with E-state index in [4.69, 9.17) is 4.52 Å². The Kier molecular flexibility index (Phi) is 5.31.